The topological polar surface area (TPSA) is 37.4 Å². The largest absolute Gasteiger partial charge is 0.379 e. The van der Waals surface area contributed by atoms with Gasteiger partial charge in [0.15, 0.2) is 0 Å². The molecule has 0 bridgehead atoms. The average Bonchev–Trinajstić information content (AvgIpc) is 2.33. The zero-order chi connectivity index (χ0) is 12.1. The monoisotopic (exact) mass is 299 g/mol. The summed E-state index contributed by atoms with van der Waals surface area (Å²) in [5, 5.41) is 3.40. The highest BCUT2D eigenvalue weighted by Gasteiger charge is 2.13. The fraction of sp³-hybridized carbons (Fsp3) is 0.583. The molecule has 0 spiro atoms. The number of nitrogens with zero attached hydrogens (tertiary/aromatic N) is 2. The number of ether oxygens (including phenoxy) is 1. The lowest BCUT2D eigenvalue weighted by molar-refractivity contribution is 0.0368. The molecule has 2 heterocycles. The van der Waals surface area contributed by atoms with Gasteiger partial charge in [-0.1, -0.05) is 0 Å². The van der Waals surface area contributed by atoms with Crippen LogP contribution in [-0.2, 0) is 4.74 Å². The lowest BCUT2D eigenvalue weighted by Gasteiger charge is -2.29. The number of hydrogen-bond donors (Lipinski definition) is 1. The highest BCUT2D eigenvalue weighted by molar-refractivity contribution is 9.10. The molecule has 2 rings (SSSR count). The van der Waals surface area contributed by atoms with Crippen molar-refractivity contribution in [2.75, 3.05) is 38.2 Å². The predicted octanol–water partition coefficient (Wildman–Crippen LogP) is 1.98. The molecule has 94 valence electrons. The molecule has 1 aromatic rings. The van der Waals surface area contributed by atoms with Crippen molar-refractivity contribution in [3.63, 3.8) is 0 Å². The molecule has 4 nitrogen and oxygen atoms in total. The Morgan fingerprint density at radius 2 is 2.24 bits per heavy atom. The Balaban J connectivity index is 1.79. The van der Waals surface area contributed by atoms with E-state index in [9.17, 15) is 0 Å². The van der Waals surface area contributed by atoms with E-state index in [1.807, 2.05) is 18.3 Å². The summed E-state index contributed by atoms with van der Waals surface area (Å²) < 4.78 is 6.34. The minimum atomic E-state index is 0.391. The zero-order valence-electron chi connectivity index (χ0n) is 10.0. The maximum absolute atomic E-state index is 5.33. The maximum atomic E-state index is 5.33. The van der Waals surface area contributed by atoms with Crippen molar-refractivity contribution < 1.29 is 4.74 Å². The van der Waals surface area contributed by atoms with Gasteiger partial charge in [-0.15, -0.1) is 0 Å². The van der Waals surface area contributed by atoms with E-state index in [4.69, 9.17) is 4.74 Å². The Morgan fingerprint density at radius 1 is 1.47 bits per heavy atom. The highest BCUT2D eigenvalue weighted by atomic mass is 79.9. The van der Waals surface area contributed by atoms with E-state index in [2.05, 4.69) is 38.1 Å². The van der Waals surface area contributed by atoms with Crippen LogP contribution in [0, 0.1) is 0 Å². The molecule has 1 unspecified atom stereocenters. The van der Waals surface area contributed by atoms with E-state index < -0.39 is 0 Å². The molecule has 1 fully saturated rings. The summed E-state index contributed by atoms with van der Waals surface area (Å²) in [6.07, 6.45) is 1.81. The summed E-state index contributed by atoms with van der Waals surface area (Å²) in [5.41, 5.74) is 0. The molecule has 0 radical (unpaired) electrons. The van der Waals surface area contributed by atoms with E-state index in [0.717, 1.165) is 43.1 Å². The van der Waals surface area contributed by atoms with E-state index in [0.29, 0.717) is 6.04 Å². The number of hydrogen-bond acceptors (Lipinski definition) is 4. The third-order valence-corrected chi connectivity index (χ3v) is 3.23. The fourth-order valence-corrected chi connectivity index (χ4v) is 2.16. The van der Waals surface area contributed by atoms with Crippen LogP contribution in [0.25, 0.3) is 0 Å². The Morgan fingerprint density at radius 3 is 2.88 bits per heavy atom. The first-order chi connectivity index (χ1) is 8.24. The summed E-state index contributed by atoms with van der Waals surface area (Å²) in [4.78, 5) is 6.73. The lowest BCUT2D eigenvalue weighted by Crippen LogP contribution is -2.42. The van der Waals surface area contributed by atoms with Crippen LogP contribution in [0.2, 0.25) is 0 Å². The number of pyridine rings is 1. The summed E-state index contributed by atoms with van der Waals surface area (Å²) >= 11 is 3.38. The second-order valence-electron chi connectivity index (χ2n) is 4.32. The Labute approximate surface area is 110 Å². The number of anilines is 1. The number of aromatic nitrogens is 1. The van der Waals surface area contributed by atoms with E-state index in [1.165, 1.54) is 0 Å². The van der Waals surface area contributed by atoms with Crippen molar-refractivity contribution in [3.05, 3.63) is 22.8 Å². The fourth-order valence-electron chi connectivity index (χ4n) is 1.93. The normalized spacial score (nSPS) is 18.9. The van der Waals surface area contributed by atoms with Gasteiger partial charge in [0.1, 0.15) is 5.82 Å². The summed E-state index contributed by atoms with van der Waals surface area (Å²) in [6, 6.07) is 4.37. The average molecular weight is 300 g/mol. The van der Waals surface area contributed by atoms with Crippen molar-refractivity contribution >= 4 is 21.7 Å². The molecular formula is C12H18BrN3O. The number of morpholine rings is 1. The van der Waals surface area contributed by atoms with Crippen LogP contribution >= 0.6 is 15.9 Å². The Kier molecular flexibility index (Phi) is 4.76. The third kappa shape index (κ3) is 4.26. The van der Waals surface area contributed by atoms with Crippen LogP contribution in [0.4, 0.5) is 5.82 Å². The highest BCUT2D eigenvalue weighted by Crippen LogP contribution is 2.11. The van der Waals surface area contributed by atoms with Gasteiger partial charge in [0, 0.05) is 36.3 Å². The SMILES string of the molecule is CC(CN1CCOCC1)Nc1ccc(Br)cn1. The van der Waals surface area contributed by atoms with Gasteiger partial charge in [0.05, 0.1) is 13.2 Å². The number of halogens is 1. The quantitative estimate of drug-likeness (QED) is 0.922. The summed E-state index contributed by atoms with van der Waals surface area (Å²) in [6.45, 7) is 6.96. The second kappa shape index (κ2) is 6.33. The molecule has 0 aromatic carbocycles. The van der Waals surface area contributed by atoms with Crippen molar-refractivity contribution in [2.45, 2.75) is 13.0 Å². The predicted molar refractivity (Wildman–Crippen MR) is 72.3 cm³/mol. The van der Waals surface area contributed by atoms with E-state index >= 15 is 0 Å². The van der Waals surface area contributed by atoms with Crippen LogP contribution in [0.15, 0.2) is 22.8 Å². The van der Waals surface area contributed by atoms with E-state index in [1.54, 1.807) is 0 Å². The Hall–Kier alpha value is -0.650. The van der Waals surface area contributed by atoms with Crippen LogP contribution in [0.3, 0.4) is 0 Å². The lowest BCUT2D eigenvalue weighted by atomic mass is 10.3. The molecule has 1 aliphatic heterocycles. The van der Waals surface area contributed by atoms with Crippen molar-refractivity contribution in [3.8, 4) is 0 Å². The molecule has 0 amide bonds. The van der Waals surface area contributed by atoms with Gasteiger partial charge in [0.2, 0.25) is 0 Å². The first-order valence-electron chi connectivity index (χ1n) is 5.92. The van der Waals surface area contributed by atoms with Crippen LogP contribution in [-0.4, -0.2) is 48.8 Å². The van der Waals surface area contributed by atoms with Crippen LogP contribution < -0.4 is 5.32 Å². The first kappa shape index (κ1) is 12.8. The summed E-state index contributed by atoms with van der Waals surface area (Å²) in [5.74, 6) is 0.925. The molecular weight excluding hydrogens is 282 g/mol. The van der Waals surface area contributed by atoms with Crippen LogP contribution in [0.5, 0.6) is 0 Å². The van der Waals surface area contributed by atoms with Gasteiger partial charge in [-0.05, 0) is 35.0 Å². The maximum Gasteiger partial charge on any atom is 0.126 e. The molecule has 1 N–H and O–H groups in total. The molecule has 0 aliphatic carbocycles. The first-order valence-corrected chi connectivity index (χ1v) is 6.71. The standard InChI is InChI=1S/C12H18BrN3O/c1-10(9-16-4-6-17-7-5-16)15-12-3-2-11(13)8-14-12/h2-3,8,10H,4-7,9H2,1H3,(H,14,15). The molecule has 17 heavy (non-hydrogen) atoms. The molecule has 5 heteroatoms. The second-order valence-corrected chi connectivity index (χ2v) is 5.24. The van der Waals surface area contributed by atoms with Crippen molar-refractivity contribution in [1.82, 2.24) is 9.88 Å². The zero-order valence-corrected chi connectivity index (χ0v) is 11.6. The molecule has 1 aliphatic rings. The van der Waals surface area contributed by atoms with E-state index in [-0.39, 0.29) is 0 Å². The van der Waals surface area contributed by atoms with Crippen molar-refractivity contribution in [1.29, 1.82) is 0 Å². The smallest absolute Gasteiger partial charge is 0.126 e. The minimum Gasteiger partial charge on any atom is -0.379 e. The van der Waals surface area contributed by atoms with Gasteiger partial charge >= 0.3 is 0 Å². The number of nitrogens with one attached hydrogen (secondary N) is 1. The molecule has 1 aromatic heterocycles. The molecule has 0 saturated carbocycles. The van der Waals surface area contributed by atoms with Gasteiger partial charge < -0.3 is 10.1 Å². The molecule has 1 atom stereocenters. The van der Waals surface area contributed by atoms with Gasteiger partial charge in [-0.2, -0.15) is 0 Å². The van der Waals surface area contributed by atoms with Gasteiger partial charge in [0.25, 0.3) is 0 Å². The van der Waals surface area contributed by atoms with Gasteiger partial charge in [-0.25, -0.2) is 4.98 Å². The summed E-state index contributed by atoms with van der Waals surface area (Å²) in [7, 11) is 0. The minimum absolute atomic E-state index is 0.391. The number of rotatable bonds is 4. The third-order valence-electron chi connectivity index (χ3n) is 2.76. The van der Waals surface area contributed by atoms with Gasteiger partial charge in [-0.3, -0.25) is 4.90 Å². The van der Waals surface area contributed by atoms with Crippen LogP contribution in [0.1, 0.15) is 6.92 Å². The Bertz CT molecular complexity index is 338. The van der Waals surface area contributed by atoms with Crippen molar-refractivity contribution in [2.24, 2.45) is 0 Å². The molecule has 1 saturated heterocycles.